The number of hydrogen-bond acceptors (Lipinski definition) is 3. The third-order valence-electron chi connectivity index (χ3n) is 4.30. The zero-order valence-electron chi connectivity index (χ0n) is 12.1. The van der Waals surface area contributed by atoms with E-state index < -0.39 is 11.4 Å². The summed E-state index contributed by atoms with van der Waals surface area (Å²) in [5.74, 6) is -0.445. The zero-order chi connectivity index (χ0) is 14.6. The molecule has 2 saturated heterocycles. The summed E-state index contributed by atoms with van der Waals surface area (Å²) in [6.45, 7) is 4.76. The van der Waals surface area contributed by atoms with Gasteiger partial charge in [-0.15, -0.1) is 0 Å². The predicted octanol–water partition coefficient (Wildman–Crippen LogP) is 1.31. The second-order valence-electron chi connectivity index (χ2n) is 6.16. The minimum absolute atomic E-state index is 0.150. The van der Waals surface area contributed by atoms with E-state index in [2.05, 4.69) is 5.32 Å². The molecule has 6 heteroatoms. The summed E-state index contributed by atoms with van der Waals surface area (Å²) in [7, 11) is 0. The molecule has 0 aromatic heterocycles. The molecule has 0 aromatic rings. The number of nitrogens with one attached hydrogen (secondary N) is 1. The molecule has 2 fully saturated rings. The Kier molecular flexibility index (Phi) is 4.86. The minimum atomic E-state index is -0.823. The fraction of sp³-hybridized carbons (Fsp3) is 0.857. The number of aliphatic carboxylic acids is 1. The van der Waals surface area contributed by atoms with Crippen molar-refractivity contribution in [2.24, 2.45) is 11.3 Å². The number of carbonyl (C=O) groups is 2. The van der Waals surface area contributed by atoms with E-state index in [-0.39, 0.29) is 12.6 Å². The second kappa shape index (κ2) is 6.43. The first-order valence-electron chi connectivity index (χ1n) is 7.35. The standard InChI is InChI=1S/C14H24N2O4/c1-14(12(17)18)5-3-6-16(10-14)13(19)15-8-11-4-2-7-20-9-11/h11H,2-10H2,1H3,(H,15,19)(H,17,18). The molecule has 2 aliphatic rings. The molecule has 2 N–H and O–H groups in total. The van der Waals surface area contributed by atoms with Crippen LogP contribution in [0.15, 0.2) is 0 Å². The van der Waals surface area contributed by atoms with E-state index in [0.717, 1.165) is 25.9 Å². The van der Waals surface area contributed by atoms with Crippen molar-refractivity contribution in [1.82, 2.24) is 10.2 Å². The van der Waals surface area contributed by atoms with Crippen molar-refractivity contribution in [1.29, 1.82) is 0 Å². The van der Waals surface area contributed by atoms with Crippen LogP contribution in [-0.4, -0.2) is 54.9 Å². The van der Waals surface area contributed by atoms with Gasteiger partial charge in [-0.1, -0.05) is 0 Å². The van der Waals surface area contributed by atoms with Gasteiger partial charge < -0.3 is 20.1 Å². The summed E-state index contributed by atoms with van der Waals surface area (Å²) < 4.78 is 5.38. The fourth-order valence-electron chi connectivity index (χ4n) is 2.90. The lowest BCUT2D eigenvalue weighted by Gasteiger charge is -2.37. The van der Waals surface area contributed by atoms with Crippen LogP contribution in [0.1, 0.15) is 32.6 Å². The number of ether oxygens (including phenoxy) is 1. The number of carboxylic acids is 1. The van der Waals surface area contributed by atoms with Crippen LogP contribution in [0.25, 0.3) is 0 Å². The zero-order valence-corrected chi connectivity index (χ0v) is 12.1. The number of amides is 2. The Labute approximate surface area is 119 Å². The maximum atomic E-state index is 12.1. The second-order valence-corrected chi connectivity index (χ2v) is 6.16. The van der Waals surface area contributed by atoms with Crippen molar-refractivity contribution in [2.45, 2.75) is 32.6 Å². The molecule has 114 valence electrons. The molecule has 0 aliphatic carbocycles. The molecule has 6 nitrogen and oxygen atoms in total. The molecule has 0 aromatic carbocycles. The molecule has 2 amide bonds. The van der Waals surface area contributed by atoms with Gasteiger partial charge in [0.25, 0.3) is 0 Å². The molecule has 2 unspecified atom stereocenters. The SMILES string of the molecule is CC1(C(=O)O)CCCN(C(=O)NCC2CCCOC2)C1. The molecule has 0 bridgehead atoms. The molecule has 0 radical (unpaired) electrons. The first-order chi connectivity index (χ1) is 9.51. The summed E-state index contributed by atoms with van der Waals surface area (Å²) >= 11 is 0. The van der Waals surface area contributed by atoms with Crippen LogP contribution in [-0.2, 0) is 9.53 Å². The van der Waals surface area contributed by atoms with Crippen LogP contribution in [0.5, 0.6) is 0 Å². The quantitative estimate of drug-likeness (QED) is 0.819. The Bertz CT molecular complexity index is 368. The van der Waals surface area contributed by atoms with Crippen LogP contribution in [0.4, 0.5) is 4.79 Å². The van der Waals surface area contributed by atoms with Crippen LogP contribution >= 0.6 is 0 Å². The van der Waals surface area contributed by atoms with Crippen molar-refractivity contribution in [3.63, 3.8) is 0 Å². The van der Waals surface area contributed by atoms with Crippen LogP contribution < -0.4 is 5.32 Å². The van der Waals surface area contributed by atoms with E-state index >= 15 is 0 Å². The number of carbonyl (C=O) groups excluding carboxylic acids is 1. The average molecular weight is 284 g/mol. The first-order valence-corrected chi connectivity index (χ1v) is 7.35. The molecule has 2 aliphatic heterocycles. The normalized spacial score (nSPS) is 30.9. The summed E-state index contributed by atoms with van der Waals surface area (Å²) in [6, 6.07) is -0.150. The molecular weight excluding hydrogens is 260 g/mol. The summed E-state index contributed by atoms with van der Waals surface area (Å²) in [6.07, 6.45) is 3.49. The van der Waals surface area contributed by atoms with Crippen LogP contribution in [0, 0.1) is 11.3 Å². The van der Waals surface area contributed by atoms with Crippen LogP contribution in [0.3, 0.4) is 0 Å². The molecular formula is C14H24N2O4. The third-order valence-corrected chi connectivity index (χ3v) is 4.30. The smallest absolute Gasteiger partial charge is 0.317 e. The minimum Gasteiger partial charge on any atom is -0.481 e. The highest BCUT2D eigenvalue weighted by atomic mass is 16.5. The Morgan fingerprint density at radius 1 is 1.45 bits per heavy atom. The van der Waals surface area contributed by atoms with Crippen LogP contribution in [0.2, 0.25) is 0 Å². The summed E-state index contributed by atoms with van der Waals surface area (Å²) in [5, 5.41) is 12.2. The van der Waals surface area contributed by atoms with E-state index in [9.17, 15) is 14.7 Å². The monoisotopic (exact) mass is 284 g/mol. The molecule has 20 heavy (non-hydrogen) atoms. The molecule has 2 heterocycles. The topological polar surface area (TPSA) is 78.9 Å². The third kappa shape index (κ3) is 3.62. The Balaban J connectivity index is 1.81. The van der Waals surface area contributed by atoms with Crippen molar-refractivity contribution in [3.8, 4) is 0 Å². The largest absolute Gasteiger partial charge is 0.481 e. The van der Waals surface area contributed by atoms with Gasteiger partial charge in [0.15, 0.2) is 0 Å². The molecule has 2 rings (SSSR count). The first kappa shape index (κ1) is 15.1. The number of urea groups is 1. The number of piperidine rings is 1. The Hall–Kier alpha value is -1.30. The number of hydrogen-bond donors (Lipinski definition) is 2. The lowest BCUT2D eigenvalue weighted by molar-refractivity contribution is -0.150. The Morgan fingerprint density at radius 2 is 2.25 bits per heavy atom. The highest BCUT2D eigenvalue weighted by molar-refractivity contribution is 5.78. The van der Waals surface area contributed by atoms with E-state index in [0.29, 0.717) is 32.0 Å². The lowest BCUT2D eigenvalue weighted by atomic mass is 9.82. The van der Waals surface area contributed by atoms with Gasteiger partial charge in [0.1, 0.15) is 0 Å². The maximum Gasteiger partial charge on any atom is 0.317 e. The van der Waals surface area contributed by atoms with Gasteiger partial charge in [-0.05, 0) is 38.5 Å². The van der Waals surface area contributed by atoms with E-state index in [1.54, 1.807) is 11.8 Å². The molecule has 0 saturated carbocycles. The Morgan fingerprint density at radius 3 is 2.90 bits per heavy atom. The molecule has 0 spiro atoms. The number of carboxylic acid groups (broad SMARTS) is 1. The van der Waals surface area contributed by atoms with Gasteiger partial charge in [-0.25, -0.2) is 4.79 Å². The van der Waals surface area contributed by atoms with Crippen molar-refractivity contribution in [2.75, 3.05) is 32.8 Å². The predicted molar refractivity (Wildman–Crippen MR) is 73.5 cm³/mol. The van der Waals surface area contributed by atoms with E-state index in [1.165, 1.54) is 0 Å². The van der Waals surface area contributed by atoms with Crippen molar-refractivity contribution >= 4 is 12.0 Å². The fourth-order valence-corrected chi connectivity index (χ4v) is 2.90. The van der Waals surface area contributed by atoms with Gasteiger partial charge in [0.2, 0.25) is 0 Å². The lowest BCUT2D eigenvalue weighted by Crippen LogP contribution is -2.52. The highest BCUT2D eigenvalue weighted by Gasteiger charge is 2.39. The van der Waals surface area contributed by atoms with E-state index in [4.69, 9.17) is 4.74 Å². The maximum absolute atomic E-state index is 12.1. The van der Waals surface area contributed by atoms with Gasteiger partial charge >= 0.3 is 12.0 Å². The van der Waals surface area contributed by atoms with Gasteiger partial charge in [-0.3, -0.25) is 4.79 Å². The highest BCUT2D eigenvalue weighted by Crippen LogP contribution is 2.29. The van der Waals surface area contributed by atoms with E-state index in [1.807, 2.05) is 0 Å². The van der Waals surface area contributed by atoms with Gasteiger partial charge in [-0.2, -0.15) is 0 Å². The number of rotatable bonds is 3. The van der Waals surface area contributed by atoms with Crippen molar-refractivity contribution in [3.05, 3.63) is 0 Å². The number of nitrogens with zero attached hydrogens (tertiary/aromatic N) is 1. The van der Waals surface area contributed by atoms with Gasteiger partial charge in [0, 0.05) is 26.2 Å². The summed E-state index contributed by atoms with van der Waals surface area (Å²) in [5.41, 5.74) is -0.816. The average Bonchev–Trinajstić information content (AvgIpc) is 2.46. The summed E-state index contributed by atoms with van der Waals surface area (Å²) in [4.78, 5) is 25.0. The van der Waals surface area contributed by atoms with Crippen molar-refractivity contribution < 1.29 is 19.4 Å². The molecule has 2 atom stereocenters. The van der Waals surface area contributed by atoms with Gasteiger partial charge in [0.05, 0.1) is 12.0 Å². The number of likely N-dealkylation sites (tertiary alicyclic amines) is 1.